The van der Waals surface area contributed by atoms with Crippen molar-refractivity contribution in [3.8, 4) is 5.75 Å². The van der Waals surface area contributed by atoms with Crippen molar-refractivity contribution in [3.63, 3.8) is 0 Å². The number of hydrogen-bond donors (Lipinski definition) is 2. The van der Waals surface area contributed by atoms with Crippen molar-refractivity contribution in [3.05, 3.63) is 28.3 Å². The molecule has 1 aromatic rings. The number of hydrogen-bond acceptors (Lipinski definition) is 2. The number of amides is 1. The zero-order chi connectivity index (χ0) is 11.0. The Bertz CT molecular complexity index is 417. The molecule has 2 rings (SSSR count). The lowest BCUT2D eigenvalue weighted by Crippen LogP contribution is -2.13. The van der Waals surface area contributed by atoms with E-state index >= 15 is 0 Å². The fraction of sp³-hybridized carbons (Fsp3) is 0.364. The van der Waals surface area contributed by atoms with Crippen molar-refractivity contribution in [2.45, 2.75) is 19.3 Å². The summed E-state index contributed by atoms with van der Waals surface area (Å²) in [6, 6.07) is 3.24. The highest BCUT2D eigenvalue weighted by atomic mass is 35.5. The van der Waals surface area contributed by atoms with E-state index in [1.807, 2.05) is 6.92 Å². The smallest absolute Gasteiger partial charge is 0.220 e. The summed E-state index contributed by atoms with van der Waals surface area (Å²) < 4.78 is 0. The maximum absolute atomic E-state index is 11.1. The monoisotopic (exact) mass is 225 g/mol. The summed E-state index contributed by atoms with van der Waals surface area (Å²) in [5, 5.41) is 13.1. The number of aromatic hydroxyl groups is 1. The highest BCUT2D eigenvalue weighted by Crippen LogP contribution is 2.36. The molecule has 1 aliphatic rings. The lowest BCUT2D eigenvalue weighted by atomic mass is 9.93. The Labute approximate surface area is 93.1 Å². The van der Waals surface area contributed by atoms with E-state index in [1.54, 1.807) is 12.1 Å². The van der Waals surface area contributed by atoms with E-state index in [0.717, 1.165) is 11.1 Å². The molecule has 1 heterocycles. The number of rotatable bonds is 1. The first-order valence-electron chi connectivity index (χ1n) is 4.84. The molecule has 3 nitrogen and oxygen atoms in total. The van der Waals surface area contributed by atoms with Crippen LogP contribution in [0, 0.1) is 6.92 Å². The number of benzene rings is 1. The summed E-state index contributed by atoms with van der Waals surface area (Å²) in [6.07, 6.45) is 0.425. The van der Waals surface area contributed by atoms with Crippen molar-refractivity contribution in [2.24, 2.45) is 0 Å². The highest BCUT2D eigenvalue weighted by Gasteiger charge is 2.27. The molecule has 2 N–H and O–H groups in total. The Kier molecular flexibility index (Phi) is 2.57. The van der Waals surface area contributed by atoms with E-state index in [-0.39, 0.29) is 17.6 Å². The van der Waals surface area contributed by atoms with Crippen LogP contribution in [0.4, 0.5) is 0 Å². The third-order valence-corrected chi connectivity index (χ3v) is 3.22. The molecule has 0 aromatic heterocycles. The van der Waals surface area contributed by atoms with Crippen molar-refractivity contribution in [1.29, 1.82) is 0 Å². The third-order valence-electron chi connectivity index (χ3n) is 2.81. The summed E-state index contributed by atoms with van der Waals surface area (Å²) >= 11 is 5.98. The summed E-state index contributed by atoms with van der Waals surface area (Å²) in [4.78, 5) is 11.1. The van der Waals surface area contributed by atoms with Gasteiger partial charge in [0, 0.05) is 29.5 Å². The number of phenols is 1. The minimum atomic E-state index is 0.0266. The number of nitrogens with one attached hydrogen (secondary N) is 1. The second kappa shape index (κ2) is 3.74. The molecule has 1 amide bonds. The molecule has 80 valence electrons. The van der Waals surface area contributed by atoms with E-state index < -0.39 is 0 Å². The minimum absolute atomic E-state index is 0.0266. The largest absolute Gasteiger partial charge is 0.508 e. The molecule has 1 saturated heterocycles. The molecule has 0 aliphatic carbocycles. The van der Waals surface area contributed by atoms with Gasteiger partial charge in [0.25, 0.3) is 0 Å². The van der Waals surface area contributed by atoms with Gasteiger partial charge in [-0.2, -0.15) is 0 Å². The summed E-state index contributed by atoms with van der Waals surface area (Å²) in [6.45, 7) is 2.44. The van der Waals surface area contributed by atoms with Gasteiger partial charge in [-0.3, -0.25) is 4.79 Å². The van der Waals surface area contributed by atoms with Gasteiger partial charge >= 0.3 is 0 Å². The molecule has 0 unspecified atom stereocenters. The Balaban J connectivity index is 2.43. The molecule has 1 aromatic carbocycles. The van der Waals surface area contributed by atoms with Crippen molar-refractivity contribution < 1.29 is 9.90 Å². The van der Waals surface area contributed by atoms with E-state index in [9.17, 15) is 9.90 Å². The molecule has 1 aliphatic heterocycles. The van der Waals surface area contributed by atoms with Gasteiger partial charge in [0.1, 0.15) is 5.75 Å². The predicted molar refractivity (Wildman–Crippen MR) is 58.2 cm³/mol. The van der Waals surface area contributed by atoms with Crippen LogP contribution in [-0.4, -0.2) is 17.6 Å². The number of carbonyl (C=O) groups is 1. The summed E-state index contributed by atoms with van der Waals surface area (Å²) in [5.74, 6) is 0.286. The summed E-state index contributed by atoms with van der Waals surface area (Å²) in [5.41, 5.74) is 1.65. The molecule has 0 radical (unpaired) electrons. The Morgan fingerprint density at radius 2 is 2.27 bits per heavy atom. The van der Waals surface area contributed by atoms with Crippen molar-refractivity contribution >= 4 is 17.5 Å². The van der Waals surface area contributed by atoms with Crippen LogP contribution in [0.2, 0.25) is 5.02 Å². The van der Waals surface area contributed by atoms with Gasteiger partial charge < -0.3 is 10.4 Å². The molecule has 0 saturated carbocycles. The van der Waals surface area contributed by atoms with E-state index in [2.05, 4.69) is 5.32 Å². The Morgan fingerprint density at radius 1 is 1.53 bits per heavy atom. The van der Waals surface area contributed by atoms with Crippen molar-refractivity contribution in [1.82, 2.24) is 5.32 Å². The molecule has 1 fully saturated rings. The SMILES string of the molecule is Cc1c(Cl)ccc(O)c1[C@H]1CNC(=O)C1. The number of phenolic OH excluding ortho intramolecular Hbond substituents is 1. The zero-order valence-electron chi connectivity index (χ0n) is 8.38. The standard InChI is InChI=1S/C11H12ClNO2/c1-6-8(12)2-3-9(14)11(6)7-4-10(15)13-5-7/h2-3,7,14H,4-5H2,1H3,(H,13,15)/t7-/m1/s1. The van der Waals surface area contributed by atoms with Gasteiger partial charge in [-0.25, -0.2) is 0 Å². The molecule has 4 heteroatoms. The number of halogens is 1. The zero-order valence-corrected chi connectivity index (χ0v) is 9.14. The van der Waals surface area contributed by atoms with Gasteiger partial charge in [0.05, 0.1) is 0 Å². The van der Waals surface area contributed by atoms with Crippen molar-refractivity contribution in [2.75, 3.05) is 6.54 Å². The van der Waals surface area contributed by atoms with Crippen LogP contribution >= 0.6 is 11.6 Å². The average Bonchev–Trinajstić information content (AvgIpc) is 2.59. The molecule has 1 atom stereocenters. The van der Waals surface area contributed by atoms with Crippen LogP contribution in [0.5, 0.6) is 5.75 Å². The van der Waals surface area contributed by atoms with Gasteiger partial charge in [-0.15, -0.1) is 0 Å². The molecule has 0 spiro atoms. The van der Waals surface area contributed by atoms with E-state index in [4.69, 9.17) is 11.6 Å². The van der Waals surface area contributed by atoms with Crippen LogP contribution in [-0.2, 0) is 4.79 Å². The lowest BCUT2D eigenvalue weighted by Gasteiger charge is -2.14. The first-order valence-corrected chi connectivity index (χ1v) is 5.22. The minimum Gasteiger partial charge on any atom is -0.508 e. The highest BCUT2D eigenvalue weighted by molar-refractivity contribution is 6.31. The van der Waals surface area contributed by atoms with Gasteiger partial charge in [-0.05, 0) is 24.6 Å². The topological polar surface area (TPSA) is 49.3 Å². The van der Waals surface area contributed by atoms with Crippen LogP contribution in [0.3, 0.4) is 0 Å². The second-order valence-electron chi connectivity index (χ2n) is 3.81. The first-order chi connectivity index (χ1) is 7.09. The molecule has 0 bridgehead atoms. The Morgan fingerprint density at radius 3 is 2.87 bits per heavy atom. The average molecular weight is 226 g/mol. The fourth-order valence-electron chi connectivity index (χ4n) is 2.01. The quantitative estimate of drug-likeness (QED) is 0.768. The third kappa shape index (κ3) is 1.79. The van der Waals surface area contributed by atoms with Crippen LogP contribution in [0.1, 0.15) is 23.5 Å². The Hall–Kier alpha value is -1.22. The number of carbonyl (C=O) groups excluding carboxylic acids is 1. The summed E-state index contributed by atoms with van der Waals surface area (Å²) in [7, 11) is 0. The van der Waals surface area contributed by atoms with E-state index in [1.165, 1.54) is 0 Å². The van der Waals surface area contributed by atoms with Gasteiger partial charge in [-0.1, -0.05) is 11.6 Å². The fourth-order valence-corrected chi connectivity index (χ4v) is 2.18. The van der Waals surface area contributed by atoms with Crippen LogP contribution in [0.15, 0.2) is 12.1 Å². The maximum atomic E-state index is 11.1. The maximum Gasteiger partial charge on any atom is 0.220 e. The lowest BCUT2D eigenvalue weighted by molar-refractivity contribution is -0.119. The van der Waals surface area contributed by atoms with E-state index in [0.29, 0.717) is 18.0 Å². The normalized spacial score (nSPS) is 20.4. The van der Waals surface area contributed by atoms with Gasteiger partial charge in [0.2, 0.25) is 5.91 Å². The van der Waals surface area contributed by atoms with Crippen LogP contribution in [0.25, 0.3) is 0 Å². The second-order valence-corrected chi connectivity index (χ2v) is 4.22. The molecule has 15 heavy (non-hydrogen) atoms. The first kappa shape index (κ1) is 10.3. The predicted octanol–water partition coefficient (Wildman–Crippen LogP) is 1.96. The van der Waals surface area contributed by atoms with Crippen LogP contribution < -0.4 is 5.32 Å². The molecular weight excluding hydrogens is 214 g/mol. The molecular formula is C11H12ClNO2. The van der Waals surface area contributed by atoms with Gasteiger partial charge in [0.15, 0.2) is 0 Å².